The Balaban J connectivity index is 1.33. The van der Waals surface area contributed by atoms with Gasteiger partial charge in [0.2, 0.25) is 17.7 Å². The number of morpholine rings is 1. The molecule has 0 aliphatic carbocycles. The van der Waals surface area contributed by atoms with E-state index in [2.05, 4.69) is 15.5 Å². The van der Waals surface area contributed by atoms with E-state index in [1.807, 2.05) is 18.2 Å². The summed E-state index contributed by atoms with van der Waals surface area (Å²) in [6.07, 6.45) is 1.15. The molecule has 5 rings (SSSR count). The Labute approximate surface area is 204 Å². The number of aliphatic hydroxyl groups is 1. The first-order chi connectivity index (χ1) is 17.0. The Morgan fingerprint density at radius 3 is 2.63 bits per heavy atom. The Morgan fingerprint density at radius 1 is 1.11 bits per heavy atom. The predicted octanol–water partition coefficient (Wildman–Crippen LogP) is -0.169. The highest BCUT2D eigenvalue weighted by Crippen LogP contribution is 2.58. The summed E-state index contributed by atoms with van der Waals surface area (Å²) < 4.78 is 11.8. The minimum absolute atomic E-state index is 0.0891. The number of nitrogens with one attached hydrogen (secondary N) is 2. The number of rotatable bonds is 9. The number of hydrogen-bond donors (Lipinski definition) is 3. The van der Waals surface area contributed by atoms with Crippen molar-refractivity contribution in [1.29, 1.82) is 0 Å². The van der Waals surface area contributed by atoms with Gasteiger partial charge in [0.25, 0.3) is 0 Å². The maximum atomic E-state index is 13.7. The van der Waals surface area contributed by atoms with Crippen LogP contribution in [0, 0.1) is 11.8 Å². The van der Waals surface area contributed by atoms with Gasteiger partial charge in [-0.25, -0.2) is 0 Å². The van der Waals surface area contributed by atoms with Gasteiger partial charge in [0, 0.05) is 45.0 Å². The van der Waals surface area contributed by atoms with Crippen molar-refractivity contribution in [3.05, 3.63) is 30.3 Å². The van der Waals surface area contributed by atoms with E-state index in [1.54, 1.807) is 12.1 Å². The maximum absolute atomic E-state index is 13.7. The summed E-state index contributed by atoms with van der Waals surface area (Å²) in [5, 5.41) is 15.4. The number of amides is 3. The maximum Gasteiger partial charge on any atom is 0.245 e. The average molecular weight is 487 g/mol. The molecule has 4 saturated heterocycles. The number of benzene rings is 1. The van der Waals surface area contributed by atoms with Gasteiger partial charge in [0.05, 0.1) is 31.2 Å². The molecule has 2 unspecified atom stereocenters. The van der Waals surface area contributed by atoms with Crippen molar-refractivity contribution in [3.63, 3.8) is 0 Å². The zero-order valence-electron chi connectivity index (χ0n) is 19.9. The lowest BCUT2D eigenvalue weighted by atomic mass is 9.70. The summed E-state index contributed by atoms with van der Waals surface area (Å²) in [7, 11) is 0. The molecule has 1 spiro atoms. The van der Waals surface area contributed by atoms with Crippen LogP contribution in [0.2, 0.25) is 0 Å². The monoisotopic (exact) mass is 486 g/mol. The summed E-state index contributed by atoms with van der Waals surface area (Å²) in [4.78, 5) is 44.3. The van der Waals surface area contributed by atoms with E-state index in [1.165, 1.54) is 4.90 Å². The number of carbonyl (C=O) groups is 3. The van der Waals surface area contributed by atoms with Crippen LogP contribution in [-0.2, 0) is 23.9 Å². The van der Waals surface area contributed by atoms with Gasteiger partial charge in [-0.05, 0) is 31.4 Å². The van der Waals surface area contributed by atoms with E-state index in [-0.39, 0.29) is 30.9 Å². The van der Waals surface area contributed by atoms with Crippen molar-refractivity contribution in [3.8, 4) is 0 Å². The van der Waals surface area contributed by atoms with Crippen LogP contribution in [0.5, 0.6) is 0 Å². The average Bonchev–Trinajstić information content (AvgIpc) is 3.51. The highest BCUT2D eigenvalue weighted by molar-refractivity contribution is 6.01. The normalized spacial score (nSPS) is 32.0. The van der Waals surface area contributed by atoms with Gasteiger partial charge in [0.1, 0.15) is 11.6 Å². The topological polar surface area (TPSA) is 120 Å². The molecule has 4 heterocycles. The molecule has 10 heteroatoms. The van der Waals surface area contributed by atoms with E-state index in [4.69, 9.17) is 9.47 Å². The number of hydrogen-bond acceptors (Lipinski definition) is 7. The van der Waals surface area contributed by atoms with E-state index in [9.17, 15) is 19.5 Å². The molecule has 4 aliphatic heterocycles. The molecule has 0 saturated carbocycles. The minimum atomic E-state index is -1.01. The Hall–Kier alpha value is -2.53. The summed E-state index contributed by atoms with van der Waals surface area (Å²) in [6.45, 7) is 4.35. The zero-order valence-corrected chi connectivity index (χ0v) is 19.9. The van der Waals surface area contributed by atoms with E-state index in [0.717, 1.165) is 13.1 Å². The highest BCUT2D eigenvalue weighted by Gasteiger charge is 2.74. The lowest BCUT2D eigenvalue weighted by Gasteiger charge is -2.34. The molecule has 5 atom stereocenters. The fourth-order valence-electron chi connectivity index (χ4n) is 6.24. The SMILES string of the molecule is O=C(NCCN1CCOCC1)C1N(CCCO)C(=O)[C@@H]2[C@@H](C(=O)Nc3ccccc3)[C@H]3CCC12O3. The summed E-state index contributed by atoms with van der Waals surface area (Å²) in [6, 6.07) is 8.34. The van der Waals surface area contributed by atoms with E-state index >= 15 is 0 Å². The van der Waals surface area contributed by atoms with Gasteiger partial charge in [-0.3, -0.25) is 19.3 Å². The molecular formula is C25H34N4O6. The van der Waals surface area contributed by atoms with Crippen LogP contribution < -0.4 is 10.6 Å². The zero-order chi connectivity index (χ0) is 24.4. The number of ether oxygens (including phenoxy) is 2. The number of likely N-dealkylation sites (tertiary alicyclic amines) is 1. The van der Waals surface area contributed by atoms with Crippen LogP contribution in [0.1, 0.15) is 19.3 Å². The predicted molar refractivity (Wildman–Crippen MR) is 126 cm³/mol. The molecule has 1 aromatic carbocycles. The molecule has 3 N–H and O–H groups in total. The lowest BCUT2D eigenvalue weighted by molar-refractivity contribution is -0.141. The van der Waals surface area contributed by atoms with E-state index < -0.39 is 29.6 Å². The second-order valence-corrected chi connectivity index (χ2v) is 9.77. The van der Waals surface area contributed by atoms with Crippen LogP contribution in [0.15, 0.2) is 30.3 Å². The number of aliphatic hydroxyl groups excluding tert-OH is 1. The molecule has 3 amide bonds. The third-order valence-corrected chi connectivity index (χ3v) is 7.78. The quantitative estimate of drug-likeness (QED) is 0.443. The van der Waals surface area contributed by atoms with Crippen LogP contribution in [-0.4, -0.2) is 103 Å². The van der Waals surface area contributed by atoms with Crippen LogP contribution in [0.3, 0.4) is 0 Å². The van der Waals surface area contributed by atoms with Gasteiger partial charge in [0.15, 0.2) is 0 Å². The largest absolute Gasteiger partial charge is 0.396 e. The first-order valence-corrected chi connectivity index (χ1v) is 12.6. The molecule has 0 aromatic heterocycles. The number of anilines is 1. The second-order valence-electron chi connectivity index (χ2n) is 9.77. The fraction of sp³-hybridized carbons (Fsp3) is 0.640. The minimum Gasteiger partial charge on any atom is -0.396 e. The molecular weight excluding hydrogens is 452 g/mol. The molecule has 0 radical (unpaired) electrons. The van der Waals surface area contributed by atoms with Crippen molar-refractivity contribution in [2.75, 3.05) is 57.9 Å². The summed E-state index contributed by atoms with van der Waals surface area (Å²) >= 11 is 0. The third-order valence-electron chi connectivity index (χ3n) is 7.78. The molecule has 35 heavy (non-hydrogen) atoms. The van der Waals surface area contributed by atoms with Crippen LogP contribution in [0.4, 0.5) is 5.69 Å². The third kappa shape index (κ3) is 4.44. The van der Waals surface area contributed by atoms with Gasteiger partial charge in [-0.2, -0.15) is 0 Å². The van der Waals surface area contributed by atoms with Gasteiger partial charge >= 0.3 is 0 Å². The molecule has 4 fully saturated rings. The Bertz CT molecular complexity index is 939. The molecule has 1 aromatic rings. The first kappa shape index (κ1) is 24.2. The van der Waals surface area contributed by atoms with Crippen molar-refractivity contribution < 1.29 is 29.0 Å². The fourth-order valence-corrected chi connectivity index (χ4v) is 6.24. The summed E-state index contributed by atoms with van der Waals surface area (Å²) in [5.41, 5.74) is -0.354. The van der Waals surface area contributed by atoms with Crippen LogP contribution >= 0.6 is 0 Å². The molecule has 190 valence electrons. The van der Waals surface area contributed by atoms with Crippen molar-refractivity contribution >= 4 is 23.4 Å². The van der Waals surface area contributed by atoms with Crippen molar-refractivity contribution in [2.45, 2.75) is 37.0 Å². The lowest BCUT2D eigenvalue weighted by Crippen LogP contribution is -2.56. The molecule has 4 aliphatic rings. The number of carbonyl (C=O) groups excluding carboxylic acids is 3. The summed E-state index contributed by atoms with van der Waals surface area (Å²) in [5.74, 6) is -2.10. The number of para-hydroxylation sites is 1. The van der Waals surface area contributed by atoms with Gasteiger partial charge < -0.3 is 30.1 Å². The first-order valence-electron chi connectivity index (χ1n) is 12.6. The van der Waals surface area contributed by atoms with Crippen molar-refractivity contribution in [2.24, 2.45) is 11.8 Å². The standard InChI is InChI=1S/C25H34N4O6/c30-14-4-10-29-21(23(32)26-9-11-28-12-15-34-16-13-28)25-8-7-18(35-25)19(20(25)24(29)33)22(31)27-17-5-2-1-3-6-17/h1-3,5-6,18-21,30H,4,7-16H2,(H,26,32)(H,27,31)/t18-,19+,20+,21?,25?/m1/s1. The number of nitrogens with zero attached hydrogens (tertiary/aromatic N) is 2. The molecule has 10 nitrogen and oxygen atoms in total. The van der Waals surface area contributed by atoms with E-state index in [0.29, 0.717) is 51.3 Å². The number of fused-ring (bicyclic) bond motifs is 1. The smallest absolute Gasteiger partial charge is 0.245 e. The van der Waals surface area contributed by atoms with Gasteiger partial charge in [-0.15, -0.1) is 0 Å². The van der Waals surface area contributed by atoms with Crippen molar-refractivity contribution in [1.82, 2.24) is 15.1 Å². The molecule has 2 bridgehead atoms. The highest BCUT2D eigenvalue weighted by atomic mass is 16.5. The second kappa shape index (κ2) is 10.2. The van der Waals surface area contributed by atoms with Gasteiger partial charge in [-0.1, -0.05) is 18.2 Å². The van der Waals surface area contributed by atoms with Crippen LogP contribution in [0.25, 0.3) is 0 Å². The Morgan fingerprint density at radius 2 is 1.89 bits per heavy atom. The Kier molecular flexibility index (Phi) is 7.06.